The Morgan fingerprint density at radius 2 is 1.88 bits per heavy atom. The Labute approximate surface area is 140 Å². The summed E-state index contributed by atoms with van der Waals surface area (Å²) in [5, 5.41) is 9.23. The molecule has 0 fully saturated rings. The lowest BCUT2D eigenvalue weighted by Crippen LogP contribution is -2.03. The Kier molecular flexibility index (Phi) is 4.57. The molecule has 0 bridgehead atoms. The van der Waals surface area contributed by atoms with E-state index >= 15 is 0 Å². The maximum Gasteiger partial charge on any atom is 0.163 e. The van der Waals surface area contributed by atoms with Gasteiger partial charge in [-0.25, -0.2) is 4.98 Å². The van der Waals surface area contributed by atoms with E-state index in [4.69, 9.17) is 20.2 Å². The SMILES string of the molecule is COc1cc2nc(-c3cccc(N)c3)n(CCCO)c2cc1OC. The van der Waals surface area contributed by atoms with Crippen molar-refractivity contribution in [1.29, 1.82) is 0 Å². The summed E-state index contributed by atoms with van der Waals surface area (Å²) in [5.74, 6) is 2.09. The lowest BCUT2D eigenvalue weighted by atomic mass is 10.2. The normalized spacial score (nSPS) is 11.0. The third-order valence-electron chi connectivity index (χ3n) is 3.94. The first-order valence-corrected chi connectivity index (χ1v) is 7.77. The predicted molar refractivity (Wildman–Crippen MR) is 94.4 cm³/mol. The number of hydrogen-bond donors (Lipinski definition) is 2. The summed E-state index contributed by atoms with van der Waals surface area (Å²) in [5.41, 5.74) is 9.27. The number of benzene rings is 2. The van der Waals surface area contributed by atoms with Crippen LogP contribution in [-0.4, -0.2) is 35.5 Å². The van der Waals surface area contributed by atoms with E-state index in [0.29, 0.717) is 30.2 Å². The fourth-order valence-corrected chi connectivity index (χ4v) is 2.81. The number of fused-ring (bicyclic) bond motifs is 1. The molecule has 0 unspecified atom stereocenters. The van der Waals surface area contributed by atoms with E-state index in [1.54, 1.807) is 14.2 Å². The van der Waals surface area contributed by atoms with E-state index in [1.165, 1.54) is 0 Å². The zero-order valence-corrected chi connectivity index (χ0v) is 13.8. The number of aliphatic hydroxyl groups is 1. The first-order chi connectivity index (χ1) is 11.7. The van der Waals surface area contributed by atoms with Crippen LogP contribution in [0.15, 0.2) is 36.4 Å². The number of aromatic nitrogens is 2. The summed E-state index contributed by atoms with van der Waals surface area (Å²) in [6, 6.07) is 11.4. The fraction of sp³-hybridized carbons (Fsp3) is 0.278. The molecule has 126 valence electrons. The molecule has 0 aliphatic carbocycles. The first-order valence-electron chi connectivity index (χ1n) is 7.77. The van der Waals surface area contributed by atoms with Crippen LogP contribution in [-0.2, 0) is 6.54 Å². The molecule has 1 aromatic heterocycles. The highest BCUT2D eigenvalue weighted by Crippen LogP contribution is 2.34. The van der Waals surface area contributed by atoms with Crippen LogP contribution in [0.25, 0.3) is 22.4 Å². The molecular formula is C18H21N3O3. The molecule has 3 aromatic rings. The summed E-state index contributed by atoms with van der Waals surface area (Å²) >= 11 is 0. The van der Waals surface area contributed by atoms with Crippen LogP contribution in [0.1, 0.15) is 6.42 Å². The van der Waals surface area contributed by atoms with E-state index in [9.17, 15) is 5.11 Å². The molecule has 0 amide bonds. The Balaban J connectivity index is 2.23. The van der Waals surface area contributed by atoms with Gasteiger partial charge in [0.15, 0.2) is 11.5 Å². The molecule has 24 heavy (non-hydrogen) atoms. The van der Waals surface area contributed by atoms with Gasteiger partial charge in [0, 0.05) is 36.5 Å². The van der Waals surface area contributed by atoms with Gasteiger partial charge in [-0.1, -0.05) is 12.1 Å². The Bertz CT molecular complexity index is 858. The molecule has 0 aliphatic heterocycles. The van der Waals surface area contributed by atoms with Crippen LogP contribution in [0, 0.1) is 0 Å². The predicted octanol–water partition coefficient (Wildman–Crippen LogP) is 2.69. The first kappa shape index (κ1) is 16.1. The minimum atomic E-state index is 0.114. The van der Waals surface area contributed by atoms with E-state index < -0.39 is 0 Å². The molecule has 6 heteroatoms. The highest BCUT2D eigenvalue weighted by Gasteiger charge is 2.16. The maximum atomic E-state index is 9.23. The smallest absolute Gasteiger partial charge is 0.163 e. The lowest BCUT2D eigenvalue weighted by molar-refractivity contribution is 0.281. The monoisotopic (exact) mass is 327 g/mol. The van der Waals surface area contributed by atoms with Crippen molar-refractivity contribution in [2.45, 2.75) is 13.0 Å². The van der Waals surface area contributed by atoms with E-state index in [-0.39, 0.29) is 6.61 Å². The van der Waals surface area contributed by atoms with Gasteiger partial charge in [-0.05, 0) is 18.6 Å². The molecule has 0 atom stereocenters. The third kappa shape index (κ3) is 2.88. The van der Waals surface area contributed by atoms with E-state index in [2.05, 4.69) is 4.57 Å². The van der Waals surface area contributed by atoms with Crippen molar-refractivity contribution in [3.8, 4) is 22.9 Å². The van der Waals surface area contributed by atoms with Gasteiger partial charge in [-0.3, -0.25) is 0 Å². The van der Waals surface area contributed by atoms with Crippen LogP contribution >= 0.6 is 0 Å². The van der Waals surface area contributed by atoms with Crippen molar-refractivity contribution in [1.82, 2.24) is 9.55 Å². The number of methoxy groups -OCH3 is 2. The second kappa shape index (κ2) is 6.80. The van der Waals surface area contributed by atoms with Gasteiger partial charge < -0.3 is 24.9 Å². The Morgan fingerprint density at radius 1 is 1.12 bits per heavy atom. The molecule has 1 heterocycles. The average molecular weight is 327 g/mol. The molecule has 6 nitrogen and oxygen atoms in total. The molecule has 0 saturated carbocycles. The van der Waals surface area contributed by atoms with Gasteiger partial charge in [0.05, 0.1) is 25.3 Å². The van der Waals surface area contributed by atoms with E-state index in [1.807, 2.05) is 36.4 Å². The molecule has 0 radical (unpaired) electrons. The number of rotatable bonds is 6. The number of aryl methyl sites for hydroxylation is 1. The molecule has 0 aliphatic rings. The Morgan fingerprint density at radius 3 is 2.54 bits per heavy atom. The topological polar surface area (TPSA) is 82.5 Å². The molecule has 3 N–H and O–H groups in total. The number of nitrogen functional groups attached to an aromatic ring is 1. The van der Waals surface area contributed by atoms with Crippen molar-refractivity contribution >= 4 is 16.7 Å². The van der Waals surface area contributed by atoms with Crippen molar-refractivity contribution in [2.75, 3.05) is 26.6 Å². The second-order valence-corrected chi connectivity index (χ2v) is 5.49. The molecule has 0 spiro atoms. The van der Waals surface area contributed by atoms with Crippen molar-refractivity contribution in [3.05, 3.63) is 36.4 Å². The standard InChI is InChI=1S/C18H21N3O3/c1-23-16-10-14-15(11-17(16)24-2)21(7-4-8-22)18(20-14)12-5-3-6-13(19)9-12/h3,5-6,9-11,22H,4,7-8,19H2,1-2H3. The summed E-state index contributed by atoms with van der Waals surface area (Å²) in [6.07, 6.45) is 0.634. The number of ether oxygens (including phenoxy) is 2. The van der Waals surface area contributed by atoms with Crippen LogP contribution in [0.5, 0.6) is 11.5 Å². The summed E-state index contributed by atoms with van der Waals surface area (Å²) in [6.45, 7) is 0.760. The molecule has 2 aromatic carbocycles. The molecule has 0 saturated heterocycles. The van der Waals surface area contributed by atoms with Gasteiger partial charge in [0.2, 0.25) is 0 Å². The summed E-state index contributed by atoms with van der Waals surface area (Å²) in [7, 11) is 3.21. The van der Waals surface area contributed by atoms with Crippen molar-refractivity contribution in [3.63, 3.8) is 0 Å². The van der Waals surface area contributed by atoms with Gasteiger partial charge in [0.25, 0.3) is 0 Å². The van der Waals surface area contributed by atoms with Crippen molar-refractivity contribution < 1.29 is 14.6 Å². The molecule has 3 rings (SSSR count). The van der Waals surface area contributed by atoms with Gasteiger partial charge in [0.1, 0.15) is 5.82 Å². The van der Waals surface area contributed by atoms with Crippen molar-refractivity contribution in [2.24, 2.45) is 0 Å². The van der Waals surface area contributed by atoms with Gasteiger partial charge >= 0.3 is 0 Å². The van der Waals surface area contributed by atoms with Crippen LogP contribution in [0.3, 0.4) is 0 Å². The quantitative estimate of drug-likeness (QED) is 0.680. The number of nitrogens with zero attached hydrogens (tertiary/aromatic N) is 2. The van der Waals surface area contributed by atoms with E-state index in [0.717, 1.165) is 22.4 Å². The lowest BCUT2D eigenvalue weighted by Gasteiger charge is -2.11. The summed E-state index contributed by atoms with van der Waals surface area (Å²) in [4.78, 5) is 4.75. The zero-order valence-electron chi connectivity index (χ0n) is 13.8. The van der Waals surface area contributed by atoms with Gasteiger partial charge in [-0.15, -0.1) is 0 Å². The van der Waals surface area contributed by atoms with Crippen LogP contribution in [0.4, 0.5) is 5.69 Å². The largest absolute Gasteiger partial charge is 0.493 e. The molecular weight excluding hydrogens is 306 g/mol. The van der Waals surface area contributed by atoms with Crippen LogP contribution in [0.2, 0.25) is 0 Å². The summed E-state index contributed by atoms with van der Waals surface area (Å²) < 4.78 is 12.8. The minimum absolute atomic E-state index is 0.114. The number of imidazole rings is 1. The average Bonchev–Trinajstić information content (AvgIpc) is 2.96. The second-order valence-electron chi connectivity index (χ2n) is 5.49. The maximum absolute atomic E-state index is 9.23. The fourth-order valence-electron chi connectivity index (χ4n) is 2.81. The van der Waals surface area contributed by atoms with Crippen LogP contribution < -0.4 is 15.2 Å². The number of nitrogens with two attached hydrogens (primary N) is 1. The minimum Gasteiger partial charge on any atom is -0.493 e. The highest BCUT2D eigenvalue weighted by molar-refractivity contribution is 5.84. The number of aliphatic hydroxyl groups excluding tert-OH is 1. The number of anilines is 1. The number of hydrogen-bond acceptors (Lipinski definition) is 5. The van der Waals surface area contributed by atoms with Gasteiger partial charge in [-0.2, -0.15) is 0 Å². The third-order valence-corrected chi connectivity index (χ3v) is 3.94. The highest BCUT2D eigenvalue weighted by atomic mass is 16.5. The Hall–Kier alpha value is -2.73. The zero-order chi connectivity index (χ0) is 17.1.